The Morgan fingerprint density at radius 2 is 1.83 bits per heavy atom. The van der Waals surface area contributed by atoms with E-state index >= 15 is 0 Å². The van der Waals surface area contributed by atoms with E-state index in [2.05, 4.69) is 53.5 Å². The number of carbonyl (C=O) groups is 1. The number of ether oxygens (including phenoxy) is 1. The van der Waals surface area contributed by atoms with Crippen LogP contribution in [0.5, 0.6) is 5.75 Å². The molecule has 0 spiro atoms. The molecule has 4 nitrogen and oxygen atoms in total. The highest BCUT2D eigenvalue weighted by molar-refractivity contribution is 5.97. The van der Waals surface area contributed by atoms with Crippen molar-refractivity contribution in [3.63, 3.8) is 0 Å². The molecular formula is C26H30N2O2. The summed E-state index contributed by atoms with van der Waals surface area (Å²) in [4.78, 5) is 15.3. The number of nitrogens with one attached hydrogen (secondary N) is 1. The third-order valence-electron chi connectivity index (χ3n) is 5.89. The smallest absolute Gasteiger partial charge is 0.252 e. The van der Waals surface area contributed by atoms with Gasteiger partial charge in [0.15, 0.2) is 0 Å². The van der Waals surface area contributed by atoms with E-state index in [1.165, 1.54) is 21.9 Å². The average Bonchev–Trinajstić information content (AvgIpc) is 3.48. The molecule has 30 heavy (non-hydrogen) atoms. The highest BCUT2D eigenvalue weighted by Gasteiger charge is 2.46. The number of hydrogen-bond donors (Lipinski definition) is 1. The summed E-state index contributed by atoms with van der Waals surface area (Å²) in [7, 11) is 4.03. The van der Waals surface area contributed by atoms with E-state index in [1.54, 1.807) is 0 Å². The molecule has 4 rings (SSSR count). The third kappa shape index (κ3) is 4.19. The molecule has 1 saturated carbocycles. The van der Waals surface area contributed by atoms with Crippen LogP contribution in [-0.4, -0.2) is 38.1 Å². The second-order valence-corrected chi connectivity index (χ2v) is 8.70. The summed E-state index contributed by atoms with van der Waals surface area (Å²) in [5, 5.41) is 5.80. The molecule has 0 bridgehead atoms. The van der Waals surface area contributed by atoms with E-state index < -0.39 is 0 Å². The van der Waals surface area contributed by atoms with Crippen LogP contribution in [0.3, 0.4) is 0 Å². The predicted molar refractivity (Wildman–Crippen MR) is 122 cm³/mol. The third-order valence-corrected chi connectivity index (χ3v) is 5.89. The molecule has 4 heteroatoms. The quantitative estimate of drug-likeness (QED) is 0.616. The summed E-state index contributed by atoms with van der Waals surface area (Å²) in [6.45, 7) is 5.52. The highest BCUT2D eigenvalue weighted by atomic mass is 16.5. The van der Waals surface area contributed by atoms with E-state index in [0.29, 0.717) is 12.2 Å². The lowest BCUT2D eigenvalue weighted by atomic mass is 9.94. The molecule has 0 aromatic heterocycles. The Morgan fingerprint density at radius 3 is 2.57 bits per heavy atom. The van der Waals surface area contributed by atoms with Gasteiger partial charge in [-0.25, -0.2) is 0 Å². The largest absolute Gasteiger partial charge is 0.492 e. The minimum atomic E-state index is -0.281. The number of amides is 1. The Labute approximate surface area is 178 Å². The van der Waals surface area contributed by atoms with Gasteiger partial charge in [0, 0.05) is 12.1 Å². The van der Waals surface area contributed by atoms with Crippen molar-refractivity contribution in [1.29, 1.82) is 0 Å². The zero-order valence-corrected chi connectivity index (χ0v) is 18.3. The number of fused-ring (bicyclic) bond motifs is 1. The average molecular weight is 403 g/mol. The maximum atomic E-state index is 13.3. The SMILES string of the molecule is Cc1cc(C2(NC(=O)c3cc(OCCN(C)C)ccc3C)CC2)c2ccccc2c1. The summed E-state index contributed by atoms with van der Waals surface area (Å²) in [6, 6.07) is 18.6. The Balaban J connectivity index is 1.59. The molecule has 0 atom stereocenters. The lowest BCUT2D eigenvalue weighted by Crippen LogP contribution is -2.35. The normalized spacial score (nSPS) is 14.7. The van der Waals surface area contributed by atoms with Crippen molar-refractivity contribution in [2.45, 2.75) is 32.2 Å². The predicted octanol–water partition coefficient (Wildman–Crippen LogP) is 4.82. The number of rotatable bonds is 7. The van der Waals surface area contributed by atoms with Crippen LogP contribution in [-0.2, 0) is 5.54 Å². The van der Waals surface area contributed by atoms with E-state index in [9.17, 15) is 4.79 Å². The Kier molecular flexibility index (Phi) is 5.52. The maximum absolute atomic E-state index is 13.3. The van der Waals surface area contributed by atoms with Crippen LogP contribution in [0.2, 0.25) is 0 Å². The zero-order chi connectivity index (χ0) is 21.3. The number of carbonyl (C=O) groups excluding carboxylic acids is 1. The lowest BCUT2D eigenvalue weighted by Gasteiger charge is -2.22. The summed E-state index contributed by atoms with van der Waals surface area (Å²) in [6.07, 6.45) is 1.93. The minimum absolute atomic E-state index is 0.0337. The Bertz CT molecular complexity index is 1080. The first-order valence-corrected chi connectivity index (χ1v) is 10.6. The van der Waals surface area contributed by atoms with Gasteiger partial charge in [-0.2, -0.15) is 0 Å². The fraction of sp³-hybridized carbons (Fsp3) is 0.346. The van der Waals surface area contributed by atoms with Gasteiger partial charge in [0.25, 0.3) is 5.91 Å². The van der Waals surface area contributed by atoms with Crippen molar-refractivity contribution in [2.24, 2.45) is 0 Å². The van der Waals surface area contributed by atoms with Crippen LogP contribution in [0.15, 0.2) is 54.6 Å². The van der Waals surface area contributed by atoms with Crippen LogP contribution < -0.4 is 10.1 Å². The van der Waals surface area contributed by atoms with E-state index in [1.807, 2.05) is 39.2 Å². The van der Waals surface area contributed by atoms with Crippen LogP contribution in [0.25, 0.3) is 10.8 Å². The standard InChI is InChI=1S/C26H30N2O2/c1-18-15-20-7-5-6-8-22(20)24(16-18)26(11-12-26)27-25(29)23-17-21(10-9-19(23)2)30-14-13-28(3)4/h5-10,15-17H,11-14H2,1-4H3,(H,27,29). The zero-order valence-electron chi connectivity index (χ0n) is 18.3. The Morgan fingerprint density at radius 1 is 1.07 bits per heavy atom. The van der Waals surface area contributed by atoms with Crippen LogP contribution in [0.1, 0.15) is 39.9 Å². The first-order valence-electron chi connectivity index (χ1n) is 10.6. The molecule has 1 amide bonds. The van der Waals surface area contributed by atoms with Crippen molar-refractivity contribution < 1.29 is 9.53 Å². The molecule has 0 radical (unpaired) electrons. The van der Waals surface area contributed by atoms with Gasteiger partial charge in [-0.3, -0.25) is 4.79 Å². The maximum Gasteiger partial charge on any atom is 0.252 e. The number of benzene rings is 3. The molecule has 0 heterocycles. The lowest BCUT2D eigenvalue weighted by molar-refractivity contribution is 0.0930. The van der Waals surface area contributed by atoms with Gasteiger partial charge >= 0.3 is 0 Å². The van der Waals surface area contributed by atoms with Crippen molar-refractivity contribution in [1.82, 2.24) is 10.2 Å². The van der Waals surface area contributed by atoms with Gasteiger partial charge in [0.2, 0.25) is 0 Å². The number of nitrogens with zero attached hydrogens (tertiary/aromatic N) is 1. The molecule has 156 valence electrons. The van der Waals surface area contributed by atoms with Crippen LogP contribution >= 0.6 is 0 Å². The van der Waals surface area contributed by atoms with Gasteiger partial charge in [0.05, 0.1) is 5.54 Å². The van der Waals surface area contributed by atoms with Gasteiger partial charge in [-0.1, -0.05) is 48.0 Å². The summed E-state index contributed by atoms with van der Waals surface area (Å²) in [5.74, 6) is 0.701. The number of aryl methyl sites for hydroxylation is 2. The fourth-order valence-electron chi connectivity index (χ4n) is 4.01. The second-order valence-electron chi connectivity index (χ2n) is 8.70. The first kappa shape index (κ1) is 20.4. The molecule has 1 N–H and O–H groups in total. The second kappa shape index (κ2) is 8.11. The van der Waals surface area contributed by atoms with E-state index in [-0.39, 0.29) is 11.4 Å². The summed E-state index contributed by atoms with van der Waals surface area (Å²) >= 11 is 0. The van der Waals surface area contributed by atoms with Crippen LogP contribution in [0.4, 0.5) is 0 Å². The van der Waals surface area contributed by atoms with Crippen molar-refractivity contribution >= 4 is 16.7 Å². The molecule has 3 aromatic carbocycles. The molecule has 0 unspecified atom stereocenters. The van der Waals surface area contributed by atoms with Crippen molar-refractivity contribution in [3.05, 3.63) is 76.9 Å². The number of likely N-dealkylation sites (N-methyl/N-ethyl adjacent to an activating group) is 1. The van der Waals surface area contributed by atoms with Gasteiger partial charge < -0.3 is 15.0 Å². The van der Waals surface area contributed by atoms with Gasteiger partial charge in [-0.15, -0.1) is 0 Å². The molecule has 3 aromatic rings. The van der Waals surface area contributed by atoms with Crippen molar-refractivity contribution in [2.75, 3.05) is 27.2 Å². The van der Waals surface area contributed by atoms with Crippen LogP contribution in [0, 0.1) is 13.8 Å². The summed E-state index contributed by atoms with van der Waals surface area (Å²) < 4.78 is 5.84. The first-order chi connectivity index (χ1) is 14.4. The number of hydrogen-bond acceptors (Lipinski definition) is 3. The summed E-state index contributed by atoms with van der Waals surface area (Å²) in [5.41, 5.74) is 3.80. The molecule has 1 aliphatic carbocycles. The topological polar surface area (TPSA) is 41.6 Å². The van der Waals surface area contributed by atoms with Gasteiger partial charge in [0.1, 0.15) is 12.4 Å². The monoisotopic (exact) mass is 402 g/mol. The fourth-order valence-corrected chi connectivity index (χ4v) is 4.01. The Hall–Kier alpha value is -2.85. The van der Waals surface area contributed by atoms with Crippen molar-refractivity contribution in [3.8, 4) is 5.75 Å². The molecular weight excluding hydrogens is 372 g/mol. The van der Waals surface area contributed by atoms with E-state index in [0.717, 1.165) is 30.7 Å². The molecule has 1 fully saturated rings. The van der Waals surface area contributed by atoms with E-state index in [4.69, 9.17) is 4.74 Å². The van der Waals surface area contributed by atoms with Gasteiger partial charge in [-0.05, 0) is 74.8 Å². The molecule has 0 aliphatic heterocycles. The minimum Gasteiger partial charge on any atom is -0.492 e. The highest BCUT2D eigenvalue weighted by Crippen LogP contribution is 2.48. The molecule has 1 aliphatic rings. The molecule has 0 saturated heterocycles.